The number of benzene rings is 1. The van der Waals surface area contributed by atoms with Crippen LogP contribution in [0.3, 0.4) is 0 Å². The van der Waals surface area contributed by atoms with Crippen molar-refractivity contribution in [2.24, 2.45) is 5.92 Å². The van der Waals surface area contributed by atoms with Crippen LogP contribution in [0, 0.1) is 29.2 Å². The first-order valence-corrected chi connectivity index (χ1v) is 7.59. The van der Waals surface area contributed by atoms with Gasteiger partial charge in [0.15, 0.2) is 23.2 Å². The van der Waals surface area contributed by atoms with Crippen molar-refractivity contribution in [3.8, 4) is 5.75 Å². The van der Waals surface area contributed by atoms with E-state index in [1.807, 2.05) is 0 Å². The molecular weight excluding hydrogens is 362 g/mol. The summed E-state index contributed by atoms with van der Waals surface area (Å²) in [6, 6.07) is -1.56. The summed E-state index contributed by atoms with van der Waals surface area (Å²) in [6.45, 7) is 2.15. The van der Waals surface area contributed by atoms with Gasteiger partial charge in [0.1, 0.15) is 12.6 Å². The van der Waals surface area contributed by atoms with Crippen LogP contribution in [0.1, 0.15) is 26.7 Å². The summed E-state index contributed by atoms with van der Waals surface area (Å²) in [5.41, 5.74) is 0. The Morgan fingerprint density at radius 2 is 1.69 bits per heavy atom. The number of rotatable bonds is 9. The number of nitrogens with one attached hydrogen (secondary N) is 1. The monoisotopic (exact) mass is 379 g/mol. The van der Waals surface area contributed by atoms with Crippen LogP contribution in [-0.4, -0.2) is 35.4 Å². The molecule has 0 spiro atoms. The second-order valence-corrected chi connectivity index (χ2v) is 5.52. The van der Waals surface area contributed by atoms with Gasteiger partial charge in [-0.3, -0.25) is 14.4 Å². The summed E-state index contributed by atoms with van der Waals surface area (Å²) >= 11 is 0. The van der Waals surface area contributed by atoms with E-state index in [1.165, 1.54) is 0 Å². The minimum absolute atomic E-state index is 0.0288. The summed E-state index contributed by atoms with van der Waals surface area (Å²) in [5.74, 6) is -12.1. The molecule has 0 aromatic heterocycles. The highest BCUT2D eigenvalue weighted by molar-refractivity contribution is 5.93. The third kappa shape index (κ3) is 5.43. The molecular formula is C16H17F4NO5. The number of carbonyl (C=O) groups is 3. The Kier molecular flexibility index (Phi) is 7.54. The quantitative estimate of drug-likeness (QED) is 0.507. The molecule has 0 saturated carbocycles. The zero-order valence-corrected chi connectivity index (χ0v) is 13.9. The average Bonchev–Trinajstić information content (AvgIpc) is 2.57. The Labute approximate surface area is 146 Å². The molecule has 1 rings (SSSR count). The number of hydrogen-bond donors (Lipinski definition) is 2. The minimum atomic E-state index is -1.84. The van der Waals surface area contributed by atoms with Crippen molar-refractivity contribution < 1.29 is 41.8 Å². The van der Waals surface area contributed by atoms with Crippen LogP contribution < -0.4 is 10.1 Å². The van der Waals surface area contributed by atoms with Crippen molar-refractivity contribution in [1.29, 1.82) is 0 Å². The van der Waals surface area contributed by atoms with Gasteiger partial charge in [-0.25, -0.2) is 8.78 Å². The molecule has 2 N–H and O–H groups in total. The van der Waals surface area contributed by atoms with E-state index >= 15 is 0 Å². The van der Waals surface area contributed by atoms with E-state index in [0.717, 1.165) is 0 Å². The maximum absolute atomic E-state index is 13.5. The molecule has 10 heteroatoms. The number of halogens is 4. The van der Waals surface area contributed by atoms with Gasteiger partial charge >= 0.3 is 5.97 Å². The molecule has 0 fully saturated rings. The van der Waals surface area contributed by atoms with E-state index in [-0.39, 0.29) is 6.07 Å². The third-order valence-corrected chi connectivity index (χ3v) is 3.57. The van der Waals surface area contributed by atoms with E-state index in [9.17, 15) is 31.9 Å². The van der Waals surface area contributed by atoms with Crippen LogP contribution in [-0.2, 0) is 14.4 Å². The first-order valence-electron chi connectivity index (χ1n) is 7.59. The lowest BCUT2D eigenvalue weighted by atomic mass is 10.1. The normalized spacial score (nSPS) is 13.0. The van der Waals surface area contributed by atoms with Gasteiger partial charge in [0.25, 0.3) is 0 Å². The van der Waals surface area contributed by atoms with Crippen LogP contribution in [0.5, 0.6) is 5.75 Å². The van der Waals surface area contributed by atoms with Gasteiger partial charge in [0.2, 0.25) is 17.5 Å². The molecule has 2 atom stereocenters. The first kappa shape index (κ1) is 21.4. The largest absolute Gasteiger partial charge is 0.481 e. The minimum Gasteiger partial charge on any atom is -0.481 e. The fourth-order valence-electron chi connectivity index (χ4n) is 1.84. The van der Waals surface area contributed by atoms with Gasteiger partial charge in [-0.2, -0.15) is 8.78 Å². The number of Topliss-reactive ketones (excluding diaryl/α,β-unsaturated/α-hetero) is 1. The van der Waals surface area contributed by atoms with Gasteiger partial charge < -0.3 is 15.2 Å². The van der Waals surface area contributed by atoms with E-state index in [1.54, 1.807) is 13.8 Å². The highest BCUT2D eigenvalue weighted by Gasteiger charge is 2.27. The molecule has 1 aromatic rings. The van der Waals surface area contributed by atoms with Crippen LogP contribution in [0.25, 0.3) is 0 Å². The van der Waals surface area contributed by atoms with Crippen molar-refractivity contribution in [1.82, 2.24) is 5.32 Å². The molecule has 0 aliphatic heterocycles. The molecule has 1 aromatic carbocycles. The standard InChI is InChI=1S/C16H17F4NO5/c1-3-7(2)16(25)21-10(5-12(23)24)11(22)6-26-15-13(19)8(17)4-9(18)14(15)20/h4,7,10H,3,5-6H2,1-2H3,(H,21,25)(H,23,24). The molecule has 0 aliphatic carbocycles. The predicted octanol–water partition coefficient (Wildman–Crippen LogP) is 2.20. The summed E-state index contributed by atoms with van der Waals surface area (Å²) < 4.78 is 57.7. The summed E-state index contributed by atoms with van der Waals surface area (Å²) in [7, 11) is 0. The second kappa shape index (κ2) is 9.16. The number of ether oxygens (including phenoxy) is 1. The first-order chi connectivity index (χ1) is 12.1. The predicted molar refractivity (Wildman–Crippen MR) is 80.4 cm³/mol. The van der Waals surface area contributed by atoms with Crippen molar-refractivity contribution in [3.63, 3.8) is 0 Å². The Balaban J connectivity index is 2.91. The number of aliphatic carboxylic acids is 1. The Morgan fingerprint density at radius 3 is 2.15 bits per heavy atom. The van der Waals surface area contributed by atoms with Crippen LogP contribution >= 0.6 is 0 Å². The molecule has 144 valence electrons. The topological polar surface area (TPSA) is 92.7 Å². The number of hydrogen-bond acceptors (Lipinski definition) is 4. The lowest BCUT2D eigenvalue weighted by Gasteiger charge is -2.18. The maximum Gasteiger partial charge on any atom is 0.305 e. The number of carboxylic acids is 1. The smallest absolute Gasteiger partial charge is 0.305 e. The fourth-order valence-corrected chi connectivity index (χ4v) is 1.84. The Hall–Kier alpha value is -2.65. The van der Waals surface area contributed by atoms with Crippen LogP contribution in [0.2, 0.25) is 0 Å². The second-order valence-electron chi connectivity index (χ2n) is 5.52. The molecule has 1 amide bonds. The van der Waals surface area contributed by atoms with Gasteiger partial charge in [-0.15, -0.1) is 0 Å². The molecule has 0 bridgehead atoms. The molecule has 2 unspecified atom stereocenters. The van der Waals surface area contributed by atoms with Crippen molar-refractivity contribution in [3.05, 3.63) is 29.3 Å². The Morgan fingerprint density at radius 1 is 1.15 bits per heavy atom. The zero-order chi connectivity index (χ0) is 20.0. The van der Waals surface area contributed by atoms with Crippen molar-refractivity contribution in [2.45, 2.75) is 32.7 Å². The lowest BCUT2D eigenvalue weighted by Crippen LogP contribution is -2.46. The zero-order valence-electron chi connectivity index (χ0n) is 13.9. The Bertz CT molecular complexity index is 684. The van der Waals surface area contributed by atoms with Gasteiger partial charge in [0.05, 0.1) is 6.42 Å². The summed E-state index contributed by atoms with van der Waals surface area (Å²) in [5, 5.41) is 11.0. The van der Waals surface area contributed by atoms with Crippen molar-refractivity contribution >= 4 is 17.7 Å². The van der Waals surface area contributed by atoms with E-state index < -0.39 is 71.7 Å². The van der Waals surface area contributed by atoms with Crippen LogP contribution in [0.15, 0.2) is 6.07 Å². The summed E-state index contributed by atoms with van der Waals surface area (Å²) in [6.07, 6.45) is -0.373. The molecule has 0 radical (unpaired) electrons. The molecule has 0 heterocycles. The van der Waals surface area contributed by atoms with Gasteiger partial charge in [-0.05, 0) is 6.42 Å². The number of amides is 1. The van der Waals surface area contributed by atoms with E-state index in [2.05, 4.69) is 10.1 Å². The third-order valence-electron chi connectivity index (χ3n) is 3.57. The van der Waals surface area contributed by atoms with Crippen molar-refractivity contribution in [2.75, 3.05) is 6.61 Å². The highest BCUT2D eigenvalue weighted by atomic mass is 19.2. The lowest BCUT2D eigenvalue weighted by molar-refractivity contribution is -0.140. The van der Waals surface area contributed by atoms with Crippen LogP contribution in [0.4, 0.5) is 17.6 Å². The molecule has 26 heavy (non-hydrogen) atoms. The maximum atomic E-state index is 13.5. The van der Waals surface area contributed by atoms with Gasteiger partial charge in [-0.1, -0.05) is 13.8 Å². The summed E-state index contributed by atoms with van der Waals surface area (Å²) in [4.78, 5) is 34.7. The number of ketones is 1. The average molecular weight is 379 g/mol. The fraction of sp³-hybridized carbons (Fsp3) is 0.438. The SMILES string of the molecule is CCC(C)C(=O)NC(CC(=O)O)C(=O)COc1c(F)c(F)cc(F)c1F. The highest BCUT2D eigenvalue weighted by Crippen LogP contribution is 2.26. The van der Waals surface area contributed by atoms with E-state index in [0.29, 0.717) is 6.42 Å². The van der Waals surface area contributed by atoms with E-state index in [4.69, 9.17) is 5.11 Å². The van der Waals surface area contributed by atoms with Gasteiger partial charge in [0, 0.05) is 12.0 Å². The molecule has 0 saturated heterocycles. The molecule has 0 aliphatic rings. The number of carboxylic acid groups (broad SMARTS) is 1. The number of carbonyl (C=O) groups excluding carboxylic acids is 2. The molecule has 6 nitrogen and oxygen atoms in total.